The van der Waals surface area contributed by atoms with Crippen LogP contribution in [-0.4, -0.2) is 28.3 Å². The van der Waals surface area contributed by atoms with E-state index in [1.54, 1.807) is 6.07 Å². The number of ether oxygens (including phenoxy) is 1. The van der Waals surface area contributed by atoms with Gasteiger partial charge in [-0.3, -0.25) is 29.8 Å². The van der Waals surface area contributed by atoms with Gasteiger partial charge in [-0.2, -0.15) is 0 Å². The van der Waals surface area contributed by atoms with Crippen molar-refractivity contribution in [3.8, 4) is 0 Å². The van der Waals surface area contributed by atoms with Crippen molar-refractivity contribution in [2.45, 2.75) is 6.61 Å². The Labute approximate surface area is 157 Å². The van der Waals surface area contributed by atoms with Crippen LogP contribution in [0.2, 0.25) is 5.02 Å². The summed E-state index contributed by atoms with van der Waals surface area (Å²) in [5.74, 6) is -1.50. The summed E-state index contributed by atoms with van der Waals surface area (Å²) in [6.07, 6.45) is 0. The van der Waals surface area contributed by atoms with Gasteiger partial charge < -0.3 is 10.1 Å². The third kappa shape index (κ3) is 5.47. The summed E-state index contributed by atoms with van der Waals surface area (Å²) < 4.78 is 4.92. The Bertz CT molecular complexity index is 917. The van der Waals surface area contributed by atoms with E-state index in [1.807, 2.05) is 0 Å². The molecule has 0 aromatic heterocycles. The van der Waals surface area contributed by atoms with E-state index in [2.05, 4.69) is 5.32 Å². The number of non-ortho nitro benzene ring substituents is 1. The molecule has 27 heavy (non-hydrogen) atoms. The van der Waals surface area contributed by atoms with Gasteiger partial charge in [0, 0.05) is 23.8 Å². The van der Waals surface area contributed by atoms with Gasteiger partial charge in [-0.15, -0.1) is 0 Å². The highest BCUT2D eigenvalue weighted by molar-refractivity contribution is 6.32. The quantitative estimate of drug-likeness (QED) is 0.432. The first-order valence-electron chi connectivity index (χ1n) is 7.39. The van der Waals surface area contributed by atoms with Crippen LogP contribution in [-0.2, 0) is 16.1 Å². The number of carbonyl (C=O) groups excluding carboxylic acids is 2. The molecule has 0 unspecified atom stereocenters. The molecule has 2 aromatic rings. The number of esters is 1. The molecule has 2 rings (SSSR count). The maximum atomic E-state index is 12.0. The zero-order valence-corrected chi connectivity index (χ0v) is 14.3. The largest absolute Gasteiger partial charge is 0.459 e. The van der Waals surface area contributed by atoms with Crippen LogP contribution in [0.15, 0.2) is 42.5 Å². The number of nitro groups is 2. The number of benzene rings is 2. The molecular formula is C16H12ClN3O7. The predicted octanol–water partition coefficient (Wildman–Crippen LogP) is 2.63. The van der Waals surface area contributed by atoms with Crippen molar-refractivity contribution >= 4 is 34.9 Å². The standard InChI is InChI=1S/C16H12ClN3O7/c17-13-5-4-11(7-14(13)20(25)26)16(22)18-8-15(21)27-9-10-2-1-3-12(6-10)19(23)24/h1-7H,8-9H2,(H,18,22). The fourth-order valence-corrected chi connectivity index (χ4v) is 2.21. The van der Waals surface area contributed by atoms with Gasteiger partial charge in [-0.1, -0.05) is 23.7 Å². The molecule has 0 atom stereocenters. The van der Waals surface area contributed by atoms with Gasteiger partial charge in [-0.05, 0) is 17.7 Å². The third-order valence-electron chi connectivity index (χ3n) is 3.32. The molecule has 0 spiro atoms. The topological polar surface area (TPSA) is 142 Å². The maximum Gasteiger partial charge on any atom is 0.325 e. The number of rotatable bonds is 7. The van der Waals surface area contributed by atoms with Gasteiger partial charge in [0.2, 0.25) is 0 Å². The molecule has 0 saturated carbocycles. The molecule has 140 valence electrons. The summed E-state index contributed by atoms with van der Waals surface area (Å²) in [5.41, 5.74) is -0.200. The molecule has 2 aromatic carbocycles. The van der Waals surface area contributed by atoms with Gasteiger partial charge in [0.15, 0.2) is 0 Å². The first-order chi connectivity index (χ1) is 12.8. The fraction of sp³-hybridized carbons (Fsp3) is 0.125. The highest BCUT2D eigenvalue weighted by Gasteiger charge is 2.17. The number of carbonyl (C=O) groups is 2. The van der Waals surface area contributed by atoms with Gasteiger partial charge in [-0.25, -0.2) is 0 Å². The molecule has 1 amide bonds. The molecule has 0 bridgehead atoms. The molecule has 0 aliphatic heterocycles. The summed E-state index contributed by atoms with van der Waals surface area (Å²) in [4.78, 5) is 43.9. The van der Waals surface area contributed by atoms with Crippen molar-refractivity contribution in [3.05, 3.63) is 78.8 Å². The van der Waals surface area contributed by atoms with Crippen LogP contribution in [0, 0.1) is 20.2 Å². The van der Waals surface area contributed by atoms with E-state index >= 15 is 0 Å². The second-order valence-electron chi connectivity index (χ2n) is 5.19. The van der Waals surface area contributed by atoms with E-state index in [0.717, 1.165) is 6.07 Å². The van der Waals surface area contributed by atoms with E-state index in [0.29, 0.717) is 5.56 Å². The van der Waals surface area contributed by atoms with Gasteiger partial charge >= 0.3 is 5.97 Å². The zero-order valence-electron chi connectivity index (χ0n) is 13.6. The number of nitrogens with one attached hydrogen (secondary N) is 1. The highest BCUT2D eigenvalue weighted by Crippen LogP contribution is 2.24. The Morgan fingerprint density at radius 2 is 1.81 bits per heavy atom. The Morgan fingerprint density at radius 1 is 1.07 bits per heavy atom. The fourth-order valence-electron chi connectivity index (χ4n) is 2.02. The van der Waals surface area contributed by atoms with Gasteiger partial charge in [0.25, 0.3) is 17.3 Å². The van der Waals surface area contributed by atoms with Crippen molar-refractivity contribution in [3.63, 3.8) is 0 Å². The van der Waals surface area contributed by atoms with E-state index < -0.39 is 34.0 Å². The second kappa shape index (κ2) is 8.72. The monoisotopic (exact) mass is 393 g/mol. The smallest absolute Gasteiger partial charge is 0.325 e. The van der Waals surface area contributed by atoms with Crippen LogP contribution < -0.4 is 5.32 Å². The number of nitro benzene ring substituents is 2. The molecule has 0 aliphatic rings. The predicted molar refractivity (Wildman–Crippen MR) is 93.3 cm³/mol. The van der Waals surface area contributed by atoms with Crippen molar-refractivity contribution in [2.75, 3.05) is 6.54 Å². The van der Waals surface area contributed by atoms with Crippen LogP contribution in [0.4, 0.5) is 11.4 Å². The van der Waals surface area contributed by atoms with Gasteiger partial charge in [0.05, 0.1) is 9.85 Å². The number of hydrogen-bond donors (Lipinski definition) is 1. The number of nitrogens with zero attached hydrogens (tertiary/aromatic N) is 2. The minimum absolute atomic E-state index is 0.0439. The van der Waals surface area contributed by atoms with Crippen molar-refractivity contribution in [1.82, 2.24) is 5.32 Å². The number of amides is 1. The molecule has 0 saturated heterocycles. The molecule has 0 radical (unpaired) electrons. The Morgan fingerprint density at radius 3 is 2.48 bits per heavy atom. The average molecular weight is 394 g/mol. The lowest BCUT2D eigenvalue weighted by Crippen LogP contribution is -2.30. The average Bonchev–Trinajstić information content (AvgIpc) is 2.64. The van der Waals surface area contributed by atoms with Crippen LogP contribution in [0.3, 0.4) is 0 Å². The third-order valence-corrected chi connectivity index (χ3v) is 3.64. The molecule has 0 heterocycles. The molecule has 1 N–H and O–H groups in total. The van der Waals surface area contributed by atoms with Crippen LogP contribution in [0.5, 0.6) is 0 Å². The number of halogens is 1. The Kier molecular flexibility index (Phi) is 6.39. The minimum Gasteiger partial charge on any atom is -0.459 e. The van der Waals surface area contributed by atoms with Crippen molar-refractivity contribution in [1.29, 1.82) is 0 Å². The molecule has 10 nitrogen and oxygen atoms in total. The first kappa shape index (κ1) is 19.8. The van der Waals surface area contributed by atoms with E-state index in [4.69, 9.17) is 16.3 Å². The maximum absolute atomic E-state index is 12.0. The lowest BCUT2D eigenvalue weighted by atomic mass is 10.2. The van der Waals surface area contributed by atoms with E-state index in [1.165, 1.54) is 30.3 Å². The first-order valence-corrected chi connectivity index (χ1v) is 7.77. The normalized spacial score (nSPS) is 10.1. The molecular weight excluding hydrogens is 382 g/mol. The second-order valence-corrected chi connectivity index (χ2v) is 5.60. The summed E-state index contributed by atoms with van der Waals surface area (Å²) in [5, 5.41) is 23.7. The Hall–Kier alpha value is -3.53. The lowest BCUT2D eigenvalue weighted by molar-refractivity contribution is -0.385. The number of hydrogen-bond acceptors (Lipinski definition) is 7. The highest BCUT2D eigenvalue weighted by atomic mass is 35.5. The Balaban J connectivity index is 1.89. The van der Waals surface area contributed by atoms with Crippen molar-refractivity contribution < 1.29 is 24.2 Å². The molecule has 11 heteroatoms. The molecule has 0 aliphatic carbocycles. The van der Waals surface area contributed by atoms with Gasteiger partial charge in [0.1, 0.15) is 18.2 Å². The van der Waals surface area contributed by atoms with Crippen LogP contribution in [0.1, 0.15) is 15.9 Å². The summed E-state index contributed by atoms with van der Waals surface area (Å²) in [7, 11) is 0. The van der Waals surface area contributed by atoms with Crippen LogP contribution >= 0.6 is 11.6 Å². The summed E-state index contributed by atoms with van der Waals surface area (Å²) >= 11 is 5.66. The van der Waals surface area contributed by atoms with Crippen molar-refractivity contribution in [2.24, 2.45) is 0 Å². The zero-order chi connectivity index (χ0) is 20.0. The lowest BCUT2D eigenvalue weighted by Gasteiger charge is -2.07. The van der Waals surface area contributed by atoms with E-state index in [-0.39, 0.29) is 22.9 Å². The molecule has 0 fully saturated rings. The minimum atomic E-state index is -0.779. The SMILES string of the molecule is O=C(CNC(=O)c1ccc(Cl)c([N+](=O)[O-])c1)OCc1cccc([N+](=O)[O-])c1. The summed E-state index contributed by atoms with van der Waals surface area (Å²) in [6.45, 7) is -0.688. The van der Waals surface area contributed by atoms with E-state index in [9.17, 15) is 29.8 Å². The van der Waals surface area contributed by atoms with Crippen LogP contribution in [0.25, 0.3) is 0 Å². The summed E-state index contributed by atoms with van der Waals surface area (Å²) in [6, 6.07) is 9.04.